The number of hydrogen-bond donors (Lipinski definition) is 1. The van der Waals surface area contributed by atoms with Crippen molar-refractivity contribution in [1.29, 1.82) is 5.26 Å². The SMILES string of the molecule is N#Cc1ccc(C(=O)N2CCNCC2Cc2c(-c3ccc(Cl)cc3)nc3ccccn23)cc1. The highest BCUT2D eigenvalue weighted by molar-refractivity contribution is 6.30. The highest BCUT2D eigenvalue weighted by Crippen LogP contribution is 2.28. The molecule has 2 aromatic carbocycles. The number of fused-ring (bicyclic) bond motifs is 1. The predicted octanol–water partition coefficient (Wildman–Crippen LogP) is 4.18. The number of rotatable bonds is 4. The molecule has 1 atom stereocenters. The van der Waals surface area contributed by atoms with Crippen LogP contribution in [0, 0.1) is 11.3 Å². The Balaban J connectivity index is 1.51. The third-order valence-electron chi connectivity index (χ3n) is 6.05. The molecule has 164 valence electrons. The molecule has 6 nitrogen and oxygen atoms in total. The molecule has 0 aliphatic carbocycles. The van der Waals surface area contributed by atoms with Crippen LogP contribution >= 0.6 is 11.6 Å². The van der Waals surface area contributed by atoms with Crippen LogP contribution in [0.1, 0.15) is 21.6 Å². The van der Waals surface area contributed by atoms with E-state index in [1.807, 2.05) is 53.6 Å². The molecule has 1 N–H and O–H groups in total. The fourth-order valence-electron chi connectivity index (χ4n) is 4.37. The van der Waals surface area contributed by atoms with E-state index in [0.29, 0.717) is 35.7 Å². The Bertz CT molecular complexity index is 1340. The molecular weight excluding hydrogens is 434 g/mol. The van der Waals surface area contributed by atoms with E-state index in [4.69, 9.17) is 21.8 Å². The number of amides is 1. The van der Waals surface area contributed by atoms with Gasteiger partial charge >= 0.3 is 0 Å². The zero-order valence-corrected chi connectivity index (χ0v) is 18.7. The average Bonchev–Trinajstić information content (AvgIpc) is 3.23. The van der Waals surface area contributed by atoms with Gasteiger partial charge < -0.3 is 14.6 Å². The molecule has 0 radical (unpaired) electrons. The summed E-state index contributed by atoms with van der Waals surface area (Å²) in [5.74, 6) is -0.0205. The molecule has 1 aliphatic rings. The van der Waals surface area contributed by atoms with E-state index in [2.05, 4.69) is 15.8 Å². The number of piperazine rings is 1. The molecule has 3 heterocycles. The van der Waals surface area contributed by atoms with Gasteiger partial charge in [0, 0.05) is 48.4 Å². The lowest BCUT2D eigenvalue weighted by Gasteiger charge is -2.36. The van der Waals surface area contributed by atoms with Crippen molar-refractivity contribution in [3.8, 4) is 17.3 Å². The zero-order chi connectivity index (χ0) is 22.8. The molecule has 4 aromatic rings. The molecule has 1 saturated heterocycles. The van der Waals surface area contributed by atoms with Crippen molar-refractivity contribution in [2.75, 3.05) is 19.6 Å². The number of nitriles is 1. The van der Waals surface area contributed by atoms with Crippen LogP contribution in [0.25, 0.3) is 16.9 Å². The second-order valence-corrected chi connectivity index (χ2v) is 8.53. The van der Waals surface area contributed by atoms with Gasteiger partial charge in [-0.05, 0) is 48.5 Å². The molecule has 0 saturated carbocycles. The van der Waals surface area contributed by atoms with Crippen molar-refractivity contribution < 1.29 is 4.79 Å². The standard InChI is InChI=1S/C26H22ClN5O/c27-21-10-8-19(9-11-21)25-23(32-13-2-1-3-24(32)30-25)15-22-17-29-12-14-31(22)26(33)20-6-4-18(16-28)5-7-20/h1-11,13,22,29H,12,14-15,17H2. The van der Waals surface area contributed by atoms with E-state index in [0.717, 1.165) is 29.1 Å². The third-order valence-corrected chi connectivity index (χ3v) is 6.30. The Morgan fingerprint density at radius 2 is 1.91 bits per heavy atom. The number of carbonyl (C=O) groups excluding carboxylic acids is 1. The maximum Gasteiger partial charge on any atom is 0.254 e. The highest BCUT2D eigenvalue weighted by Gasteiger charge is 2.29. The number of carbonyl (C=O) groups is 1. The van der Waals surface area contributed by atoms with Gasteiger partial charge in [0.15, 0.2) is 0 Å². The van der Waals surface area contributed by atoms with Crippen molar-refractivity contribution in [2.45, 2.75) is 12.5 Å². The molecule has 5 rings (SSSR count). The molecule has 0 spiro atoms. The number of nitrogens with zero attached hydrogens (tertiary/aromatic N) is 4. The van der Waals surface area contributed by atoms with Crippen LogP contribution in [0.4, 0.5) is 0 Å². The lowest BCUT2D eigenvalue weighted by atomic mass is 10.0. The molecular formula is C26H22ClN5O. The maximum atomic E-state index is 13.4. The normalized spacial score (nSPS) is 16.0. The van der Waals surface area contributed by atoms with Gasteiger partial charge in [0.2, 0.25) is 0 Å². The van der Waals surface area contributed by atoms with Crippen molar-refractivity contribution in [3.05, 3.63) is 94.8 Å². The van der Waals surface area contributed by atoms with Gasteiger partial charge in [-0.2, -0.15) is 5.26 Å². The summed E-state index contributed by atoms with van der Waals surface area (Å²) < 4.78 is 2.10. The van der Waals surface area contributed by atoms with Crippen LogP contribution in [0.15, 0.2) is 72.9 Å². The number of nitrogens with one attached hydrogen (secondary N) is 1. The van der Waals surface area contributed by atoms with Gasteiger partial charge in [0.25, 0.3) is 5.91 Å². The molecule has 2 aromatic heterocycles. The second kappa shape index (κ2) is 9.07. The fourth-order valence-corrected chi connectivity index (χ4v) is 4.49. The van der Waals surface area contributed by atoms with E-state index in [1.54, 1.807) is 24.3 Å². The molecule has 0 bridgehead atoms. The van der Waals surface area contributed by atoms with E-state index >= 15 is 0 Å². The van der Waals surface area contributed by atoms with Crippen LogP contribution in [-0.4, -0.2) is 45.9 Å². The summed E-state index contributed by atoms with van der Waals surface area (Å²) in [6.07, 6.45) is 2.66. The molecule has 1 unspecified atom stereocenters. The van der Waals surface area contributed by atoms with Gasteiger partial charge in [-0.1, -0.05) is 29.8 Å². The van der Waals surface area contributed by atoms with Gasteiger partial charge in [0.05, 0.1) is 29.1 Å². The Hall–Kier alpha value is -3.66. The van der Waals surface area contributed by atoms with E-state index in [-0.39, 0.29) is 11.9 Å². The predicted molar refractivity (Wildman–Crippen MR) is 128 cm³/mol. The van der Waals surface area contributed by atoms with Crippen LogP contribution < -0.4 is 5.32 Å². The first-order valence-electron chi connectivity index (χ1n) is 10.9. The van der Waals surface area contributed by atoms with E-state index in [9.17, 15) is 4.79 Å². The number of pyridine rings is 1. The van der Waals surface area contributed by atoms with E-state index < -0.39 is 0 Å². The zero-order valence-electron chi connectivity index (χ0n) is 17.9. The Morgan fingerprint density at radius 3 is 2.67 bits per heavy atom. The molecule has 1 amide bonds. The van der Waals surface area contributed by atoms with Crippen LogP contribution in [0.2, 0.25) is 5.02 Å². The Morgan fingerprint density at radius 1 is 1.12 bits per heavy atom. The lowest BCUT2D eigenvalue weighted by Crippen LogP contribution is -2.54. The Labute approximate surface area is 197 Å². The van der Waals surface area contributed by atoms with Gasteiger partial charge in [-0.25, -0.2) is 4.98 Å². The summed E-state index contributed by atoms with van der Waals surface area (Å²) in [5.41, 5.74) is 4.95. The van der Waals surface area contributed by atoms with Crippen LogP contribution in [0.5, 0.6) is 0 Å². The molecule has 1 aliphatic heterocycles. The minimum Gasteiger partial charge on any atom is -0.333 e. The minimum atomic E-state index is -0.0342. The minimum absolute atomic E-state index is 0.0205. The molecule has 7 heteroatoms. The maximum absolute atomic E-state index is 13.4. The first-order chi connectivity index (χ1) is 16.1. The van der Waals surface area contributed by atoms with Gasteiger partial charge in [-0.3, -0.25) is 4.79 Å². The van der Waals surface area contributed by atoms with Crippen molar-refractivity contribution in [1.82, 2.24) is 19.6 Å². The number of aromatic nitrogens is 2. The summed E-state index contributed by atoms with van der Waals surface area (Å²) in [5, 5.41) is 13.2. The van der Waals surface area contributed by atoms with E-state index in [1.165, 1.54) is 0 Å². The first-order valence-corrected chi connectivity index (χ1v) is 11.3. The van der Waals surface area contributed by atoms with Crippen molar-refractivity contribution in [3.63, 3.8) is 0 Å². The summed E-state index contributed by atoms with van der Waals surface area (Å²) >= 11 is 6.11. The number of hydrogen-bond acceptors (Lipinski definition) is 4. The number of imidazole rings is 1. The Kier molecular flexibility index (Phi) is 5.82. The molecule has 33 heavy (non-hydrogen) atoms. The van der Waals surface area contributed by atoms with Gasteiger partial charge in [-0.15, -0.1) is 0 Å². The summed E-state index contributed by atoms with van der Waals surface area (Å²) in [7, 11) is 0. The third kappa shape index (κ3) is 4.21. The monoisotopic (exact) mass is 455 g/mol. The quantitative estimate of drug-likeness (QED) is 0.501. The van der Waals surface area contributed by atoms with Gasteiger partial charge in [0.1, 0.15) is 5.65 Å². The second-order valence-electron chi connectivity index (χ2n) is 8.09. The largest absolute Gasteiger partial charge is 0.333 e. The lowest BCUT2D eigenvalue weighted by molar-refractivity contribution is 0.0635. The van der Waals surface area contributed by atoms with Crippen LogP contribution in [0.3, 0.4) is 0 Å². The average molecular weight is 456 g/mol. The smallest absolute Gasteiger partial charge is 0.254 e. The summed E-state index contributed by atoms with van der Waals surface area (Å²) in [6, 6.07) is 22.5. The van der Waals surface area contributed by atoms with Crippen molar-refractivity contribution >= 4 is 23.2 Å². The summed E-state index contributed by atoms with van der Waals surface area (Å²) in [6.45, 7) is 2.06. The van der Waals surface area contributed by atoms with Crippen molar-refractivity contribution in [2.24, 2.45) is 0 Å². The number of halogens is 1. The fraction of sp³-hybridized carbons (Fsp3) is 0.192. The number of benzene rings is 2. The first kappa shape index (κ1) is 21.2. The highest BCUT2D eigenvalue weighted by atomic mass is 35.5. The van der Waals surface area contributed by atoms with Crippen LogP contribution in [-0.2, 0) is 6.42 Å². The molecule has 1 fully saturated rings. The topological polar surface area (TPSA) is 73.4 Å². The summed E-state index contributed by atoms with van der Waals surface area (Å²) in [4.78, 5) is 20.2.